The average molecular weight is 334 g/mol. The molecule has 1 aromatic heterocycles. The van der Waals surface area contributed by atoms with Crippen molar-refractivity contribution in [1.82, 2.24) is 13.5 Å². The molecule has 1 rings (SSSR count). The van der Waals surface area contributed by atoms with Crippen LogP contribution in [0.4, 0.5) is 0 Å². The number of aromatic amines is 2. The minimum atomic E-state index is 0. The number of hydrogen-bond donors (Lipinski definition) is 2. The van der Waals surface area contributed by atoms with E-state index in [9.17, 15) is 0 Å². The van der Waals surface area contributed by atoms with E-state index in [4.69, 9.17) is 0 Å². The Balaban J connectivity index is 0.000000360. The first-order valence-corrected chi connectivity index (χ1v) is 4.19. The van der Waals surface area contributed by atoms with E-state index >= 15 is 0 Å². The molecule has 1 heterocycles. The first kappa shape index (κ1) is 7.99. The van der Waals surface area contributed by atoms with Crippen LogP contribution in [0.15, 0.2) is 0 Å². The Morgan fingerprint density at radius 3 is 2.57 bits per heavy atom. The third kappa shape index (κ3) is 3.56. The second-order valence-corrected chi connectivity index (χ2v) is 4.04. The Hall–Kier alpha value is 0.988. The SMILES string of the molecule is [Pt+2].n1p[nH][pH][nH][pH]1. The molecule has 42 valence electrons. The minimum Gasteiger partial charge on any atom is -0.313 e. The fourth-order valence-electron chi connectivity index (χ4n) is 0.156. The van der Waals surface area contributed by atoms with Crippen LogP contribution in [0.5, 0.6) is 0 Å². The van der Waals surface area contributed by atoms with E-state index in [0.29, 0.717) is 17.0 Å². The Kier molecular flexibility index (Phi) is 5.86. The molecule has 0 fully saturated rings. The largest absolute Gasteiger partial charge is 2.00 e. The summed E-state index contributed by atoms with van der Waals surface area (Å²) in [5.74, 6) is 0. The predicted octanol–water partition coefficient (Wildman–Crippen LogP) is 1.50. The molecular weight excluding hydrogens is 330 g/mol. The zero-order chi connectivity index (χ0) is 4.24. The van der Waals surface area contributed by atoms with E-state index in [2.05, 4.69) is 13.5 Å². The summed E-state index contributed by atoms with van der Waals surface area (Å²) in [7, 11) is 2.36. The third-order valence-corrected chi connectivity index (χ3v) is 2.92. The summed E-state index contributed by atoms with van der Waals surface area (Å²) >= 11 is 0. The first-order chi connectivity index (χ1) is 3.00. The van der Waals surface area contributed by atoms with Gasteiger partial charge in [-0.15, -0.1) is 0 Å². The summed E-state index contributed by atoms with van der Waals surface area (Å²) < 4.78 is 10.0. The van der Waals surface area contributed by atoms with Crippen LogP contribution in [0.25, 0.3) is 0 Å². The van der Waals surface area contributed by atoms with E-state index < -0.39 is 0 Å². The van der Waals surface area contributed by atoms with E-state index in [0.717, 1.165) is 8.51 Å². The smallest absolute Gasteiger partial charge is 0.313 e. The molecule has 0 aliphatic carbocycles. The molecule has 2 atom stereocenters. The van der Waals surface area contributed by atoms with Gasteiger partial charge in [-0.2, -0.15) is 4.51 Å². The van der Waals surface area contributed by atoms with Crippen LogP contribution < -0.4 is 0 Å². The van der Waals surface area contributed by atoms with Gasteiger partial charge in [-0.3, -0.25) is 0 Å². The van der Waals surface area contributed by atoms with Gasteiger partial charge in [0.15, 0.2) is 0 Å². The van der Waals surface area contributed by atoms with Crippen LogP contribution in [0.3, 0.4) is 0 Å². The Morgan fingerprint density at radius 1 is 1.57 bits per heavy atom. The quantitative estimate of drug-likeness (QED) is 0.742. The van der Waals surface area contributed by atoms with Crippen molar-refractivity contribution in [3.63, 3.8) is 0 Å². The van der Waals surface area contributed by atoms with Crippen molar-refractivity contribution >= 4 is 25.5 Å². The van der Waals surface area contributed by atoms with Gasteiger partial charge in [-0.25, -0.2) is 0 Å². The van der Waals surface area contributed by atoms with Crippen molar-refractivity contribution in [2.75, 3.05) is 0 Å². The molecule has 0 spiro atoms. The van der Waals surface area contributed by atoms with Crippen molar-refractivity contribution in [2.45, 2.75) is 0 Å². The second-order valence-electron chi connectivity index (χ2n) is 0.674. The molecule has 0 aromatic carbocycles. The maximum absolute atomic E-state index is 3.96. The molecule has 0 amide bonds. The van der Waals surface area contributed by atoms with Crippen LogP contribution in [-0.2, 0) is 21.1 Å². The molecule has 0 radical (unpaired) electrons. The van der Waals surface area contributed by atoms with E-state index in [1.165, 1.54) is 0 Å². The number of rotatable bonds is 0. The van der Waals surface area contributed by atoms with E-state index in [-0.39, 0.29) is 21.1 Å². The number of nitrogens with zero attached hydrogens (tertiary/aromatic N) is 1. The van der Waals surface area contributed by atoms with Gasteiger partial charge >= 0.3 is 21.1 Å². The molecule has 3 nitrogen and oxygen atoms in total. The molecule has 0 saturated carbocycles. The molecule has 2 N–H and O–H groups in total. The molecule has 7 heavy (non-hydrogen) atoms. The molecule has 2 unspecified atom stereocenters. The normalized spacial score (nSPS) is 10.3. The summed E-state index contributed by atoms with van der Waals surface area (Å²) in [6.45, 7) is 0. The second kappa shape index (κ2) is 5.13. The molecule has 0 aliphatic heterocycles. The number of nitrogens with one attached hydrogen (secondary N) is 2. The first-order valence-electron chi connectivity index (χ1n) is 1.40. The van der Waals surface area contributed by atoms with Gasteiger partial charge in [0.1, 0.15) is 8.51 Å². The zero-order valence-electron chi connectivity index (χ0n) is 3.21. The van der Waals surface area contributed by atoms with Gasteiger partial charge in [-0.05, 0) is 0 Å². The summed E-state index contributed by atoms with van der Waals surface area (Å²) in [6, 6.07) is 0. The maximum atomic E-state index is 3.96. The van der Waals surface area contributed by atoms with Gasteiger partial charge < -0.3 is 9.02 Å². The molecule has 7 heteroatoms. The third-order valence-electron chi connectivity index (χ3n) is 0.324. The van der Waals surface area contributed by atoms with Crippen LogP contribution in [-0.4, -0.2) is 13.5 Å². The van der Waals surface area contributed by atoms with Crippen molar-refractivity contribution in [2.24, 2.45) is 0 Å². The van der Waals surface area contributed by atoms with Gasteiger partial charge in [0.05, 0.1) is 0 Å². The fraction of sp³-hybridized carbons (Fsp3) is 0. The topological polar surface area (TPSA) is 44.5 Å². The summed E-state index contributed by atoms with van der Waals surface area (Å²) in [6.07, 6.45) is 0. The van der Waals surface area contributed by atoms with E-state index in [1.807, 2.05) is 0 Å². The van der Waals surface area contributed by atoms with E-state index in [1.54, 1.807) is 0 Å². The standard InChI is InChI=1S/H4N3P3.Pt/c1-4-2-6-3-5-1;/h1,4-5H,(H,2,3);/q;+2. The average Bonchev–Trinajstić information content (AvgIpc) is 1.72. The maximum Gasteiger partial charge on any atom is 2.00 e. The number of H-pyrrole nitrogens is 2. The van der Waals surface area contributed by atoms with Crippen molar-refractivity contribution in [3.05, 3.63) is 0 Å². The molecule has 1 aromatic rings. The van der Waals surface area contributed by atoms with Crippen LogP contribution in [0.2, 0.25) is 0 Å². The predicted molar refractivity (Wildman–Crippen MR) is 32.1 cm³/mol. The van der Waals surface area contributed by atoms with Gasteiger partial charge in [-0.1, -0.05) is 0 Å². The fourth-order valence-corrected chi connectivity index (χ4v) is 2.81. The summed E-state index contributed by atoms with van der Waals surface area (Å²) in [5, 5.41) is 0. The van der Waals surface area contributed by atoms with Crippen LogP contribution >= 0.6 is 25.5 Å². The van der Waals surface area contributed by atoms with Gasteiger partial charge in [0.25, 0.3) is 0 Å². The summed E-state index contributed by atoms with van der Waals surface area (Å²) in [4.78, 5) is 0. The Labute approximate surface area is 60.3 Å². The minimum absolute atomic E-state index is 0. The summed E-state index contributed by atoms with van der Waals surface area (Å²) in [5.41, 5.74) is 0. The molecule has 0 aliphatic rings. The molecule has 0 saturated heterocycles. The number of hydrogen-bond acceptors (Lipinski definition) is 1. The monoisotopic (exact) mass is 334 g/mol. The zero-order valence-corrected chi connectivity index (χ0v) is 8.38. The van der Waals surface area contributed by atoms with Crippen LogP contribution in [0, 0.1) is 0 Å². The van der Waals surface area contributed by atoms with Crippen molar-refractivity contribution in [1.29, 1.82) is 0 Å². The van der Waals surface area contributed by atoms with Gasteiger partial charge in [0, 0.05) is 17.0 Å². The number of aromatic nitrogens is 3. The molecule has 0 bridgehead atoms. The van der Waals surface area contributed by atoms with Gasteiger partial charge in [0.2, 0.25) is 0 Å². The Morgan fingerprint density at radius 2 is 2.43 bits per heavy atom. The van der Waals surface area contributed by atoms with Crippen LogP contribution in [0.1, 0.15) is 0 Å². The van der Waals surface area contributed by atoms with Crippen molar-refractivity contribution < 1.29 is 21.1 Å². The Bertz CT molecular complexity index is 82.1. The molecular formula is H4N3P3Pt+2. The van der Waals surface area contributed by atoms with Crippen molar-refractivity contribution in [3.8, 4) is 0 Å².